The molecule has 2 aromatic carbocycles. The number of carbonyl (C=O) groups excluding carboxylic acids is 1. The van der Waals surface area contributed by atoms with Crippen molar-refractivity contribution in [1.82, 2.24) is 9.80 Å². The summed E-state index contributed by atoms with van der Waals surface area (Å²) in [6.07, 6.45) is 1.26. The monoisotopic (exact) mass is 352 g/mol. The summed E-state index contributed by atoms with van der Waals surface area (Å²) >= 11 is 0. The molecule has 4 heteroatoms. The van der Waals surface area contributed by atoms with Gasteiger partial charge in [-0.25, -0.2) is 0 Å². The molecule has 2 aromatic rings. The Hall–Kier alpha value is -2.33. The highest BCUT2D eigenvalue weighted by molar-refractivity contribution is 5.76. The van der Waals surface area contributed by atoms with E-state index in [2.05, 4.69) is 36.1 Å². The third-order valence-electron chi connectivity index (χ3n) is 5.15. The molecule has 0 N–H and O–H groups in total. The molecule has 0 saturated carbocycles. The van der Waals surface area contributed by atoms with Crippen molar-refractivity contribution < 1.29 is 9.53 Å². The van der Waals surface area contributed by atoms with Crippen LogP contribution in [-0.4, -0.2) is 48.5 Å². The number of piperazine rings is 1. The van der Waals surface area contributed by atoms with E-state index in [0.29, 0.717) is 12.5 Å². The van der Waals surface area contributed by atoms with Gasteiger partial charge in [0.1, 0.15) is 5.75 Å². The van der Waals surface area contributed by atoms with Crippen molar-refractivity contribution in [2.45, 2.75) is 32.4 Å². The molecule has 0 spiro atoms. The van der Waals surface area contributed by atoms with Crippen LogP contribution in [0, 0.1) is 0 Å². The van der Waals surface area contributed by atoms with E-state index in [-0.39, 0.29) is 5.91 Å². The number of para-hydroxylation sites is 1. The van der Waals surface area contributed by atoms with E-state index in [1.54, 1.807) is 7.11 Å². The molecule has 1 saturated heterocycles. The second-order valence-electron chi connectivity index (χ2n) is 6.96. The summed E-state index contributed by atoms with van der Waals surface area (Å²) in [4.78, 5) is 17.1. The van der Waals surface area contributed by atoms with E-state index >= 15 is 0 Å². The molecule has 4 nitrogen and oxygen atoms in total. The fourth-order valence-electron chi connectivity index (χ4n) is 3.58. The van der Waals surface area contributed by atoms with Gasteiger partial charge in [-0.1, -0.05) is 48.5 Å². The summed E-state index contributed by atoms with van der Waals surface area (Å²) < 4.78 is 5.38. The summed E-state index contributed by atoms with van der Waals surface area (Å²) in [5, 5.41) is 0. The lowest BCUT2D eigenvalue weighted by atomic mass is 10.1. The van der Waals surface area contributed by atoms with Gasteiger partial charge in [-0.05, 0) is 30.5 Å². The van der Waals surface area contributed by atoms with Crippen LogP contribution in [0.1, 0.15) is 24.5 Å². The number of nitrogens with zero attached hydrogens (tertiary/aromatic N) is 2. The van der Waals surface area contributed by atoms with Gasteiger partial charge in [0.05, 0.1) is 7.11 Å². The standard InChI is InChI=1S/C22H28N2O2/c1-18-16-24(15-14-23(18)17-19-8-4-3-5-9-19)22(25)13-12-20-10-6-7-11-21(20)26-2/h3-11,18H,12-17H2,1-2H3. The van der Waals surface area contributed by atoms with E-state index in [9.17, 15) is 4.79 Å². The molecule has 3 rings (SSSR count). The van der Waals surface area contributed by atoms with Gasteiger partial charge in [-0.3, -0.25) is 9.69 Å². The first-order valence-corrected chi connectivity index (χ1v) is 9.35. The minimum atomic E-state index is 0.238. The zero-order chi connectivity index (χ0) is 18.4. The van der Waals surface area contributed by atoms with Gasteiger partial charge >= 0.3 is 0 Å². The number of hydrogen-bond donors (Lipinski definition) is 0. The first-order valence-electron chi connectivity index (χ1n) is 9.35. The van der Waals surface area contributed by atoms with E-state index in [1.165, 1.54) is 5.56 Å². The fraction of sp³-hybridized carbons (Fsp3) is 0.409. The van der Waals surface area contributed by atoms with Gasteiger partial charge in [-0.15, -0.1) is 0 Å². The van der Waals surface area contributed by atoms with Crippen LogP contribution in [0.2, 0.25) is 0 Å². The third-order valence-corrected chi connectivity index (χ3v) is 5.15. The van der Waals surface area contributed by atoms with Crippen molar-refractivity contribution >= 4 is 5.91 Å². The molecule has 1 atom stereocenters. The van der Waals surface area contributed by atoms with Crippen LogP contribution in [0.25, 0.3) is 0 Å². The van der Waals surface area contributed by atoms with Gasteiger partial charge in [0.15, 0.2) is 0 Å². The van der Waals surface area contributed by atoms with Crippen molar-refractivity contribution in [1.29, 1.82) is 0 Å². The van der Waals surface area contributed by atoms with Crippen LogP contribution in [0.4, 0.5) is 0 Å². The maximum atomic E-state index is 12.6. The molecule has 138 valence electrons. The molecule has 1 aliphatic heterocycles. The Morgan fingerprint density at radius 3 is 2.54 bits per heavy atom. The lowest BCUT2D eigenvalue weighted by molar-refractivity contribution is -0.134. The Morgan fingerprint density at radius 2 is 1.81 bits per heavy atom. The Balaban J connectivity index is 1.51. The summed E-state index contributed by atoms with van der Waals surface area (Å²) in [5.41, 5.74) is 2.43. The van der Waals surface area contributed by atoms with Crippen molar-refractivity contribution in [3.8, 4) is 5.75 Å². The highest BCUT2D eigenvalue weighted by atomic mass is 16.5. The molecule has 26 heavy (non-hydrogen) atoms. The number of ether oxygens (including phenoxy) is 1. The summed E-state index contributed by atoms with van der Waals surface area (Å²) in [7, 11) is 1.67. The normalized spacial score (nSPS) is 17.9. The second kappa shape index (κ2) is 8.86. The van der Waals surface area contributed by atoms with Crippen LogP contribution in [0.15, 0.2) is 54.6 Å². The Morgan fingerprint density at radius 1 is 1.08 bits per heavy atom. The number of hydrogen-bond acceptors (Lipinski definition) is 3. The van der Waals surface area contributed by atoms with Gasteiger partial charge in [0, 0.05) is 38.6 Å². The van der Waals surface area contributed by atoms with E-state index in [4.69, 9.17) is 4.74 Å². The quantitative estimate of drug-likeness (QED) is 0.799. The van der Waals surface area contributed by atoms with Crippen LogP contribution in [0.3, 0.4) is 0 Å². The van der Waals surface area contributed by atoms with Gasteiger partial charge in [0.25, 0.3) is 0 Å². The maximum absolute atomic E-state index is 12.6. The molecule has 1 amide bonds. The van der Waals surface area contributed by atoms with Gasteiger partial charge in [-0.2, -0.15) is 0 Å². The minimum Gasteiger partial charge on any atom is -0.496 e. The van der Waals surface area contributed by atoms with Crippen molar-refractivity contribution in [2.24, 2.45) is 0 Å². The van der Waals surface area contributed by atoms with Crippen molar-refractivity contribution in [2.75, 3.05) is 26.7 Å². The number of rotatable bonds is 6. The summed E-state index contributed by atoms with van der Waals surface area (Å²) in [6.45, 7) is 5.70. The molecular formula is C22H28N2O2. The summed E-state index contributed by atoms with van der Waals surface area (Å²) in [5.74, 6) is 1.10. The van der Waals surface area contributed by atoms with Crippen molar-refractivity contribution in [3.05, 3.63) is 65.7 Å². The molecular weight excluding hydrogens is 324 g/mol. The van der Waals surface area contributed by atoms with Gasteiger partial charge in [0.2, 0.25) is 5.91 Å². The zero-order valence-electron chi connectivity index (χ0n) is 15.7. The van der Waals surface area contributed by atoms with Crippen LogP contribution in [0.5, 0.6) is 5.75 Å². The maximum Gasteiger partial charge on any atom is 0.223 e. The molecule has 1 fully saturated rings. The van der Waals surface area contributed by atoms with Crippen molar-refractivity contribution in [3.63, 3.8) is 0 Å². The fourth-order valence-corrected chi connectivity index (χ4v) is 3.58. The molecule has 1 unspecified atom stereocenters. The topological polar surface area (TPSA) is 32.8 Å². The number of methoxy groups -OCH3 is 1. The average Bonchev–Trinajstić information content (AvgIpc) is 2.68. The highest BCUT2D eigenvalue weighted by Gasteiger charge is 2.26. The largest absolute Gasteiger partial charge is 0.496 e. The lowest BCUT2D eigenvalue weighted by Crippen LogP contribution is -2.53. The Bertz CT molecular complexity index is 717. The van der Waals surface area contributed by atoms with Crippen LogP contribution >= 0.6 is 0 Å². The molecule has 0 aliphatic carbocycles. The predicted molar refractivity (Wildman–Crippen MR) is 104 cm³/mol. The van der Waals surface area contributed by atoms with E-state index in [1.807, 2.05) is 35.2 Å². The lowest BCUT2D eigenvalue weighted by Gasteiger charge is -2.40. The Labute approximate surface area is 156 Å². The first-order chi connectivity index (χ1) is 12.7. The number of aryl methyl sites for hydroxylation is 1. The number of carbonyl (C=O) groups is 1. The minimum absolute atomic E-state index is 0.238. The predicted octanol–water partition coefficient (Wildman–Crippen LogP) is 3.36. The second-order valence-corrected chi connectivity index (χ2v) is 6.96. The third kappa shape index (κ3) is 4.64. The van der Waals surface area contributed by atoms with Crippen LogP contribution in [-0.2, 0) is 17.8 Å². The number of amides is 1. The molecule has 1 aliphatic rings. The average molecular weight is 352 g/mol. The molecule has 0 radical (unpaired) electrons. The smallest absolute Gasteiger partial charge is 0.223 e. The molecule has 1 heterocycles. The zero-order valence-corrected chi connectivity index (χ0v) is 15.7. The number of benzene rings is 2. The SMILES string of the molecule is COc1ccccc1CCC(=O)N1CCN(Cc2ccccc2)C(C)C1. The molecule has 0 bridgehead atoms. The highest BCUT2D eigenvalue weighted by Crippen LogP contribution is 2.20. The first kappa shape index (κ1) is 18.5. The molecule has 0 aromatic heterocycles. The van der Waals surface area contributed by atoms with E-state index in [0.717, 1.165) is 43.9 Å². The van der Waals surface area contributed by atoms with E-state index < -0.39 is 0 Å². The summed E-state index contributed by atoms with van der Waals surface area (Å²) in [6, 6.07) is 18.8. The van der Waals surface area contributed by atoms with Crippen LogP contribution < -0.4 is 4.74 Å². The Kier molecular flexibility index (Phi) is 6.29. The van der Waals surface area contributed by atoms with Gasteiger partial charge < -0.3 is 9.64 Å².